The van der Waals surface area contributed by atoms with E-state index in [9.17, 15) is 13.2 Å². The molecule has 0 radical (unpaired) electrons. The number of nitrogens with zero attached hydrogens (tertiary/aromatic N) is 1. The van der Waals surface area contributed by atoms with Crippen molar-refractivity contribution in [3.63, 3.8) is 0 Å². The monoisotopic (exact) mass is 257 g/mol. The minimum Gasteiger partial charge on any atom is -0.352 e. The molecule has 0 saturated heterocycles. The average molecular weight is 257 g/mol. The smallest absolute Gasteiger partial charge is 0.312 e. The molecule has 1 heterocycles. The summed E-state index contributed by atoms with van der Waals surface area (Å²) in [6.07, 6.45) is 3.93. The SMILES string of the molecule is CS(=O)(=O)c1cc(CCCNC(N)=O)ccn1. The molecule has 0 spiro atoms. The molecule has 3 N–H and O–H groups in total. The highest BCUT2D eigenvalue weighted by molar-refractivity contribution is 7.90. The minimum atomic E-state index is -3.27. The van der Waals surface area contributed by atoms with Gasteiger partial charge in [-0.25, -0.2) is 18.2 Å². The molecule has 7 heteroatoms. The number of carbonyl (C=O) groups is 1. The number of hydrogen-bond acceptors (Lipinski definition) is 4. The largest absolute Gasteiger partial charge is 0.352 e. The van der Waals surface area contributed by atoms with Crippen molar-refractivity contribution in [1.29, 1.82) is 0 Å². The van der Waals surface area contributed by atoms with Crippen molar-refractivity contribution in [3.05, 3.63) is 23.9 Å². The molecule has 0 saturated carbocycles. The van der Waals surface area contributed by atoms with Gasteiger partial charge >= 0.3 is 6.03 Å². The Balaban J connectivity index is 2.58. The van der Waals surface area contributed by atoms with Crippen LogP contribution >= 0.6 is 0 Å². The van der Waals surface area contributed by atoms with Crippen LogP contribution in [0.1, 0.15) is 12.0 Å². The van der Waals surface area contributed by atoms with Crippen LogP contribution in [0.2, 0.25) is 0 Å². The van der Waals surface area contributed by atoms with E-state index in [4.69, 9.17) is 5.73 Å². The van der Waals surface area contributed by atoms with Gasteiger partial charge < -0.3 is 11.1 Å². The maximum Gasteiger partial charge on any atom is 0.312 e. The van der Waals surface area contributed by atoms with Crippen molar-refractivity contribution in [2.24, 2.45) is 5.73 Å². The average Bonchev–Trinajstić information content (AvgIpc) is 2.23. The van der Waals surface area contributed by atoms with E-state index in [-0.39, 0.29) is 5.03 Å². The summed E-state index contributed by atoms with van der Waals surface area (Å²) in [5.41, 5.74) is 5.78. The third-order valence-corrected chi connectivity index (χ3v) is 3.10. The van der Waals surface area contributed by atoms with Gasteiger partial charge in [0.15, 0.2) is 14.9 Å². The number of nitrogens with two attached hydrogens (primary N) is 1. The zero-order chi connectivity index (χ0) is 12.9. The number of pyridine rings is 1. The Morgan fingerprint density at radius 3 is 2.82 bits per heavy atom. The number of nitrogens with one attached hydrogen (secondary N) is 1. The summed E-state index contributed by atoms with van der Waals surface area (Å²) in [5.74, 6) is 0. The lowest BCUT2D eigenvalue weighted by atomic mass is 10.1. The van der Waals surface area contributed by atoms with E-state index >= 15 is 0 Å². The van der Waals surface area contributed by atoms with Gasteiger partial charge in [-0.1, -0.05) is 0 Å². The molecular weight excluding hydrogens is 242 g/mol. The second-order valence-corrected chi connectivity index (χ2v) is 5.63. The van der Waals surface area contributed by atoms with Gasteiger partial charge in [-0.15, -0.1) is 0 Å². The van der Waals surface area contributed by atoms with Crippen LogP contribution < -0.4 is 11.1 Å². The summed E-state index contributed by atoms with van der Waals surface area (Å²) >= 11 is 0. The number of carbonyl (C=O) groups excluding carboxylic acids is 1. The van der Waals surface area contributed by atoms with E-state index in [1.807, 2.05) is 0 Å². The number of hydrogen-bond donors (Lipinski definition) is 2. The number of urea groups is 1. The Bertz CT molecular complexity index is 499. The molecule has 17 heavy (non-hydrogen) atoms. The van der Waals surface area contributed by atoms with Crippen molar-refractivity contribution >= 4 is 15.9 Å². The van der Waals surface area contributed by atoms with Crippen molar-refractivity contribution < 1.29 is 13.2 Å². The third kappa shape index (κ3) is 4.81. The molecule has 0 aromatic carbocycles. The summed E-state index contributed by atoms with van der Waals surface area (Å²) in [5, 5.41) is 2.53. The Hall–Kier alpha value is -1.63. The molecule has 0 aliphatic carbocycles. The number of sulfone groups is 1. The zero-order valence-corrected chi connectivity index (χ0v) is 10.3. The van der Waals surface area contributed by atoms with Crippen LogP contribution in [-0.2, 0) is 16.3 Å². The first-order valence-electron chi connectivity index (χ1n) is 5.08. The molecule has 2 amide bonds. The van der Waals surface area contributed by atoms with Crippen molar-refractivity contribution in [2.45, 2.75) is 17.9 Å². The molecule has 1 aromatic rings. The lowest BCUT2D eigenvalue weighted by Crippen LogP contribution is -2.30. The van der Waals surface area contributed by atoms with E-state index in [0.717, 1.165) is 11.8 Å². The van der Waals surface area contributed by atoms with E-state index in [0.29, 0.717) is 19.4 Å². The zero-order valence-electron chi connectivity index (χ0n) is 9.51. The Labute approximate surface area is 100 Å². The Kier molecular flexibility index (Phi) is 4.45. The van der Waals surface area contributed by atoms with Crippen LogP contribution in [0.15, 0.2) is 23.4 Å². The van der Waals surface area contributed by atoms with Crippen LogP contribution in [0.25, 0.3) is 0 Å². The lowest BCUT2D eigenvalue weighted by molar-refractivity contribution is 0.249. The summed E-state index contributed by atoms with van der Waals surface area (Å²) in [4.78, 5) is 14.2. The van der Waals surface area contributed by atoms with Gasteiger partial charge in [-0.2, -0.15) is 0 Å². The minimum absolute atomic E-state index is 0.0675. The first-order valence-corrected chi connectivity index (χ1v) is 6.97. The molecule has 0 bridgehead atoms. The summed E-state index contributed by atoms with van der Waals surface area (Å²) in [7, 11) is -3.27. The van der Waals surface area contributed by atoms with Gasteiger partial charge in [0.1, 0.15) is 0 Å². The van der Waals surface area contributed by atoms with E-state index in [1.165, 1.54) is 6.20 Å². The molecule has 1 rings (SSSR count). The maximum absolute atomic E-state index is 11.3. The van der Waals surface area contributed by atoms with Crippen molar-refractivity contribution in [1.82, 2.24) is 10.3 Å². The number of amides is 2. The Morgan fingerprint density at radius 1 is 1.53 bits per heavy atom. The lowest BCUT2D eigenvalue weighted by Gasteiger charge is -2.04. The van der Waals surface area contributed by atoms with Crippen LogP contribution in [0.5, 0.6) is 0 Å². The number of aromatic nitrogens is 1. The predicted octanol–water partition coefficient (Wildman–Crippen LogP) is 0.0860. The Morgan fingerprint density at radius 2 is 2.24 bits per heavy atom. The second kappa shape index (κ2) is 5.62. The quantitative estimate of drug-likeness (QED) is 0.729. The van der Waals surface area contributed by atoms with E-state index < -0.39 is 15.9 Å². The van der Waals surface area contributed by atoms with Gasteiger partial charge in [0.05, 0.1) is 0 Å². The molecule has 0 aliphatic heterocycles. The highest BCUT2D eigenvalue weighted by Crippen LogP contribution is 2.09. The normalized spacial score (nSPS) is 11.1. The molecule has 0 unspecified atom stereocenters. The second-order valence-electron chi connectivity index (χ2n) is 3.67. The van der Waals surface area contributed by atoms with Crippen LogP contribution in [0, 0.1) is 0 Å². The van der Waals surface area contributed by atoms with Gasteiger partial charge in [-0.05, 0) is 30.5 Å². The number of primary amides is 1. The highest BCUT2D eigenvalue weighted by atomic mass is 32.2. The third-order valence-electron chi connectivity index (χ3n) is 2.12. The standard InChI is InChI=1S/C10H15N3O3S/c1-17(15,16)9-7-8(4-6-12-9)3-2-5-13-10(11)14/h4,6-7H,2-3,5H2,1H3,(H3,11,13,14). The van der Waals surface area contributed by atoms with Gasteiger partial charge in [0.25, 0.3) is 0 Å². The molecule has 1 aromatic heterocycles. The van der Waals surface area contributed by atoms with Gasteiger partial charge in [0.2, 0.25) is 0 Å². The van der Waals surface area contributed by atoms with Gasteiger partial charge in [0, 0.05) is 19.0 Å². The molecule has 0 atom stereocenters. The molecule has 94 valence electrons. The topological polar surface area (TPSA) is 102 Å². The fourth-order valence-corrected chi connectivity index (χ4v) is 1.93. The molecule has 0 aliphatic rings. The van der Waals surface area contributed by atoms with Crippen molar-refractivity contribution in [3.8, 4) is 0 Å². The summed E-state index contributed by atoms with van der Waals surface area (Å²) in [6, 6.07) is 2.73. The van der Waals surface area contributed by atoms with Crippen LogP contribution in [-0.4, -0.2) is 32.2 Å². The van der Waals surface area contributed by atoms with Crippen LogP contribution in [0.3, 0.4) is 0 Å². The van der Waals surface area contributed by atoms with Crippen molar-refractivity contribution in [2.75, 3.05) is 12.8 Å². The summed E-state index contributed by atoms with van der Waals surface area (Å²) in [6.45, 7) is 0.464. The highest BCUT2D eigenvalue weighted by Gasteiger charge is 2.08. The maximum atomic E-state index is 11.3. The fourth-order valence-electron chi connectivity index (χ4n) is 1.31. The first-order chi connectivity index (χ1) is 7.89. The number of aryl methyl sites for hydroxylation is 1. The van der Waals surface area contributed by atoms with Gasteiger partial charge in [-0.3, -0.25) is 0 Å². The molecule has 0 fully saturated rings. The fraction of sp³-hybridized carbons (Fsp3) is 0.400. The van der Waals surface area contributed by atoms with E-state index in [1.54, 1.807) is 12.1 Å². The van der Waals surface area contributed by atoms with Crippen LogP contribution in [0.4, 0.5) is 4.79 Å². The first kappa shape index (κ1) is 13.4. The summed E-state index contributed by atoms with van der Waals surface area (Å²) < 4.78 is 22.5. The predicted molar refractivity (Wildman–Crippen MR) is 63.3 cm³/mol. The molecular formula is C10H15N3O3S. The van der Waals surface area contributed by atoms with E-state index in [2.05, 4.69) is 10.3 Å². The number of rotatable bonds is 5. The molecule has 6 nitrogen and oxygen atoms in total.